The zero-order valence-corrected chi connectivity index (χ0v) is 9.77. The lowest BCUT2D eigenvalue weighted by Crippen LogP contribution is -2.14. The number of nitrogens with zero attached hydrogens (tertiary/aromatic N) is 2. The average molecular weight is 230 g/mol. The highest BCUT2D eigenvalue weighted by Gasteiger charge is 2.10. The van der Waals surface area contributed by atoms with Crippen LogP contribution in [0.15, 0.2) is 30.5 Å². The van der Waals surface area contributed by atoms with E-state index in [2.05, 4.69) is 10.4 Å². The van der Waals surface area contributed by atoms with Gasteiger partial charge in [-0.3, -0.25) is 9.48 Å². The topological polar surface area (TPSA) is 72.9 Å². The van der Waals surface area contributed by atoms with Gasteiger partial charge in [-0.05, 0) is 24.6 Å². The van der Waals surface area contributed by atoms with Gasteiger partial charge < -0.3 is 11.1 Å². The van der Waals surface area contributed by atoms with Crippen molar-refractivity contribution in [3.05, 3.63) is 41.6 Å². The van der Waals surface area contributed by atoms with Crippen molar-refractivity contribution in [2.24, 2.45) is 7.05 Å². The van der Waals surface area contributed by atoms with Crippen LogP contribution in [0.2, 0.25) is 0 Å². The fourth-order valence-electron chi connectivity index (χ4n) is 1.55. The van der Waals surface area contributed by atoms with Gasteiger partial charge in [0.2, 0.25) is 0 Å². The summed E-state index contributed by atoms with van der Waals surface area (Å²) < 4.78 is 1.62. The zero-order valence-electron chi connectivity index (χ0n) is 9.77. The van der Waals surface area contributed by atoms with Gasteiger partial charge >= 0.3 is 0 Å². The lowest BCUT2D eigenvalue weighted by Gasteiger charge is -2.06. The molecule has 17 heavy (non-hydrogen) atoms. The first-order valence-electron chi connectivity index (χ1n) is 5.23. The molecule has 1 aromatic heterocycles. The van der Waals surface area contributed by atoms with E-state index in [-0.39, 0.29) is 5.91 Å². The molecule has 88 valence electrons. The number of carbonyl (C=O) groups excluding carboxylic acids is 1. The van der Waals surface area contributed by atoms with E-state index < -0.39 is 0 Å². The van der Waals surface area contributed by atoms with Gasteiger partial charge in [-0.1, -0.05) is 6.07 Å². The van der Waals surface area contributed by atoms with Gasteiger partial charge in [0.25, 0.3) is 5.91 Å². The van der Waals surface area contributed by atoms with E-state index in [1.807, 2.05) is 13.0 Å². The maximum absolute atomic E-state index is 11.9. The van der Waals surface area contributed by atoms with Gasteiger partial charge in [-0.2, -0.15) is 5.10 Å². The molecule has 5 nitrogen and oxygen atoms in total. The van der Waals surface area contributed by atoms with Crippen LogP contribution in [-0.4, -0.2) is 15.7 Å². The van der Waals surface area contributed by atoms with Gasteiger partial charge in [0.1, 0.15) is 0 Å². The Bertz CT molecular complexity index is 559. The SMILES string of the molecule is Cc1ccc(C(=O)Nc2ccn(C)n2)c(N)c1. The first-order chi connectivity index (χ1) is 8.06. The summed E-state index contributed by atoms with van der Waals surface area (Å²) in [6, 6.07) is 7.06. The monoisotopic (exact) mass is 230 g/mol. The maximum Gasteiger partial charge on any atom is 0.258 e. The van der Waals surface area contributed by atoms with Crippen molar-refractivity contribution < 1.29 is 4.79 Å². The lowest BCUT2D eigenvalue weighted by atomic mass is 10.1. The summed E-state index contributed by atoms with van der Waals surface area (Å²) in [5.74, 6) is 0.263. The molecule has 0 atom stereocenters. The Balaban J connectivity index is 2.20. The highest BCUT2D eigenvalue weighted by Crippen LogP contribution is 2.15. The molecule has 0 unspecified atom stereocenters. The number of nitrogens with two attached hydrogens (primary N) is 1. The minimum Gasteiger partial charge on any atom is -0.398 e. The van der Waals surface area contributed by atoms with Gasteiger partial charge in [0.05, 0.1) is 5.56 Å². The Morgan fingerprint density at radius 3 is 2.76 bits per heavy atom. The van der Waals surface area contributed by atoms with Crippen LogP contribution < -0.4 is 11.1 Å². The Morgan fingerprint density at radius 2 is 2.18 bits per heavy atom. The van der Waals surface area contributed by atoms with Crippen molar-refractivity contribution in [3.63, 3.8) is 0 Å². The predicted molar refractivity (Wildman–Crippen MR) is 66.8 cm³/mol. The van der Waals surface area contributed by atoms with E-state index in [9.17, 15) is 4.79 Å². The van der Waals surface area contributed by atoms with Crippen LogP contribution in [-0.2, 0) is 7.05 Å². The second kappa shape index (κ2) is 4.29. The van der Waals surface area contributed by atoms with Crippen LogP contribution in [0, 0.1) is 6.92 Å². The number of anilines is 2. The summed E-state index contributed by atoms with van der Waals surface area (Å²) in [4.78, 5) is 11.9. The molecule has 1 amide bonds. The number of nitrogen functional groups attached to an aromatic ring is 1. The van der Waals surface area contributed by atoms with Crippen molar-refractivity contribution in [1.29, 1.82) is 0 Å². The third kappa shape index (κ3) is 2.44. The molecule has 2 aromatic rings. The molecule has 0 fully saturated rings. The zero-order chi connectivity index (χ0) is 12.4. The number of benzene rings is 1. The number of hydrogen-bond donors (Lipinski definition) is 2. The summed E-state index contributed by atoms with van der Waals surface area (Å²) in [5.41, 5.74) is 7.75. The van der Waals surface area contributed by atoms with Crippen LogP contribution in [0.1, 0.15) is 15.9 Å². The first-order valence-corrected chi connectivity index (χ1v) is 5.23. The fraction of sp³-hybridized carbons (Fsp3) is 0.167. The van der Waals surface area contributed by atoms with Crippen LogP contribution in [0.25, 0.3) is 0 Å². The number of nitrogens with one attached hydrogen (secondary N) is 1. The van der Waals surface area contributed by atoms with E-state index in [4.69, 9.17) is 5.73 Å². The number of carbonyl (C=O) groups is 1. The highest BCUT2D eigenvalue weighted by molar-refractivity contribution is 6.07. The summed E-state index contributed by atoms with van der Waals surface area (Å²) in [6.45, 7) is 1.93. The van der Waals surface area contributed by atoms with E-state index >= 15 is 0 Å². The average Bonchev–Trinajstić information content (AvgIpc) is 2.63. The molecule has 1 aromatic carbocycles. The Morgan fingerprint density at radius 1 is 1.41 bits per heavy atom. The minimum atomic E-state index is -0.249. The first kappa shape index (κ1) is 11.2. The van der Waals surface area contributed by atoms with Crippen molar-refractivity contribution in [1.82, 2.24) is 9.78 Å². The Labute approximate surface area is 99.2 Å². The van der Waals surface area contributed by atoms with Crippen molar-refractivity contribution in [2.45, 2.75) is 6.92 Å². The largest absolute Gasteiger partial charge is 0.398 e. The molecular formula is C12H14N4O. The maximum atomic E-state index is 11.9. The molecule has 0 saturated carbocycles. The normalized spacial score (nSPS) is 10.2. The van der Waals surface area contributed by atoms with Crippen molar-refractivity contribution >= 4 is 17.4 Å². The van der Waals surface area contributed by atoms with Crippen molar-refractivity contribution in [3.8, 4) is 0 Å². The van der Waals surface area contributed by atoms with E-state index in [1.54, 1.807) is 36.1 Å². The highest BCUT2D eigenvalue weighted by atomic mass is 16.1. The summed E-state index contributed by atoms with van der Waals surface area (Å²) >= 11 is 0. The van der Waals surface area contributed by atoms with E-state index in [1.165, 1.54) is 0 Å². The second-order valence-corrected chi connectivity index (χ2v) is 3.92. The molecule has 0 saturated heterocycles. The minimum absolute atomic E-state index is 0.249. The molecule has 1 heterocycles. The van der Waals surface area contributed by atoms with E-state index in [0.29, 0.717) is 17.1 Å². The molecule has 3 N–H and O–H groups in total. The van der Waals surface area contributed by atoms with Crippen LogP contribution in [0.5, 0.6) is 0 Å². The quantitative estimate of drug-likeness (QED) is 0.769. The fourth-order valence-corrected chi connectivity index (χ4v) is 1.55. The Kier molecular flexibility index (Phi) is 2.82. The van der Waals surface area contributed by atoms with Gasteiger partial charge in [0.15, 0.2) is 5.82 Å². The number of aromatic nitrogens is 2. The molecule has 0 spiro atoms. The molecule has 0 aliphatic rings. The van der Waals surface area contributed by atoms with Gasteiger partial charge in [-0.15, -0.1) is 0 Å². The van der Waals surface area contributed by atoms with Gasteiger partial charge in [-0.25, -0.2) is 0 Å². The van der Waals surface area contributed by atoms with Crippen molar-refractivity contribution in [2.75, 3.05) is 11.1 Å². The predicted octanol–water partition coefficient (Wildman–Crippen LogP) is 1.56. The second-order valence-electron chi connectivity index (χ2n) is 3.92. The number of rotatable bonds is 2. The molecular weight excluding hydrogens is 216 g/mol. The standard InChI is InChI=1S/C12H14N4O/c1-8-3-4-9(10(13)7-8)12(17)14-11-5-6-16(2)15-11/h3-7H,13H2,1-2H3,(H,14,15,17). The molecule has 0 aliphatic carbocycles. The van der Waals surface area contributed by atoms with Crippen LogP contribution >= 0.6 is 0 Å². The molecule has 0 radical (unpaired) electrons. The molecule has 2 rings (SSSR count). The van der Waals surface area contributed by atoms with E-state index in [0.717, 1.165) is 5.56 Å². The summed E-state index contributed by atoms with van der Waals surface area (Å²) in [6.07, 6.45) is 1.76. The molecule has 5 heteroatoms. The molecule has 0 bridgehead atoms. The number of amides is 1. The number of hydrogen-bond acceptors (Lipinski definition) is 3. The summed E-state index contributed by atoms with van der Waals surface area (Å²) in [5, 5.41) is 6.76. The lowest BCUT2D eigenvalue weighted by molar-refractivity contribution is 0.102. The summed E-state index contributed by atoms with van der Waals surface area (Å²) in [7, 11) is 1.79. The van der Waals surface area contributed by atoms with Gasteiger partial charge in [0, 0.05) is 25.0 Å². The van der Waals surface area contributed by atoms with Crippen LogP contribution in [0.4, 0.5) is 11.5 Å². The molecule has 0 aliphatic heterocycles. The van der Waals surface area contributed by atoms with Crippen LogP contribution in [0.3, 0.4) is 0 Å². The smallest absolute Gasteiger partial charge is 0.258 e. The Hall–Kier alpha value is -2.30. The number of aryl methyl sites for hydroxylation is 2. The third-order valence-electron chi connectivity index (χ3n) is 2.41. The third-order valence-corrected chi connectivity index (χ3v) is 2.41.